The Labute approximate surface area is 149 Å². The van der Waals surface area contributed by atoms with Gasteiger partial charge in [-0.15, -0.1) is 0 Å². The van der Waals surface area contributed by atoms with Crippen LogP contribution in [0.4, 0.5) is 14.5 Å². The third kappa shape index (κ3) is 3.44. The molecule has 1 aromatic heterocycles. The number of nitriles is 1. The molecular formula is C16H16F2N4O3S. The second-order valence-corrected chi connectivity index (χ2v) is 7.10. The summed E-state index contributed by atoms with van der Waals surface area (Å²) in [6.07, 6.45) is 0. The Hall–Kier alpha value is -2.77. The van der Waals surface area contributed by atoms with Crippen LogP contribution in [0, 0.1) is 29.9 Å². The molecule has 0 unspecified atom stereocenters. The van der Waals surface area contributed by atoms with Crippen LogP contribution in [0.15, 0.2) is 23.1 Å². The normalized spacial score (nSPS) is 11.2. The van der Waals surface area contributed by atoms with Gasteiger partial charge in [-0.05, 0) is 25.1 Å². The van der Waals surface area contributed by atoms with Crippen molar-refractivity contribution in [2.75, 3.05) is 11.9 Å². The summed E-state index contributed by atoms with van der Waals surface area (Å²) in [6.45, 7) is 2.97. The Balaban J connectivity index is 2.47. The first-order valence-electron chi connectivity index (χ1n) is 7.49. The molecule has 1 heterocycles. The van der Waals surface area contributed by atoms with E-state index in [1.165, 1.54) is 20.0 Å². The molecule has 10 heteroatoms. The number of amides is 1. The highest BCUT2D eigenvalue weighted by molar-refractivity contribution is 7.89. The average Bonchev–Trinajstić information content (AvgIpc) is 2.79. The lowest BCUT2D eigenvalue weighted by Gasteiger charge is -2.07. The fourth-order valence-electron chi connectivity index (χ4n) is 2.44. The second-order valence-electron chi connectivity index (χ2n) is 5.40. The average molecular weight is 382 g/mol. The summed E-state index contributed by atoms with van der Waals surface area (Å²) >= 11 is 0. The Morgan fingerprint density at radius 1 is 1.35 bits per heavy atom. The fourth-order valence-corrected chi connectivity index (χ4v) is 3.82. The molecule has 0 fully saturated rings. The fraction of sp³-hybridized carbons (Fsp3) is 0.250. The first-order valence-corrected chi connectivity index (χ1v) is 8.97. The molecule has 0 atom stereocenters. The molecule has 1 aromatic carbocycles. The molecule has 0 spiro atoms. The summed E-state index contributed by atoms with van der Waals surface area (Å²) < 4.78 is 55.7. The molecule has 0 bridgehead atoms. The number of nitrogens with zero attached hydrogens (tertiary/aromatic N) is 2. The third-order valence-corrected chi connectivity index (χ3v) is 5.42. The quantitative estimate of drug-likeness (QED) is 0.826. The van der Waals surface area contributed by atoms with Gasteiger partial charge in [-0.1, -0.05) is 6.92 Å². The number of nitrogens with one attached hydrogen (secondary N) is 2. The highest BCUT2D eigenvalue weighted by Gasteiger charge is 2.31. The number of rotatable bonds is 5. The molecule has 2 N–H and O–H groups in total. The van der Waals surface area contributed by atoms with E-state index >= 15 is 0 Å². The maximum absolute atomic E-state index is 14.7. The van der Waals surface area contributed by atoms with E-state index in [0.717, 1.165) is 16.7 Å². The predicted molar refractivity (Wildman–Crippen MR) is 90.0 cm³/mol. The lowest BCUT2D eigenvalue weighted by Crippen LogP contribution is -2.24. The van der Waals surface area contributed by atoms with Crippen molar-refractivity contribution < 1.29 is 22.0 Å². The highest BCUT2D eigenvalue weighted by Crippen LogP contribution is 2.26. The van der Waals surface area contributed by atoms with E-state index < -0.39 is 38.2 Å². The molecule has 0 saturated heterocycles. The maximum atomic E-state index is 14.7. The van der Waals surface area contributed by atoms with E-state index in [0.29, 0.717) is 0 Å². The molecule has 2 rings (SSSR count). The van der Waals surface area contributed by atoms with Crippen molar-refractivity contribution in [2.24, 2.45) is 7.05 Å². The summed E-state index contributed by atoms with van der Waals surface area (Å²) in [5, 5.41) is 11.2. The largest absolute Gasteiger partial charge is 0.340 e. The van der Waals surface area contributed by atoms with Crippen molar-refractivity contribution in [1.29, 1.82) is 5.26 Å². The monoisotopic (exact) mass is 382 g/mol. The minimum atomic E-state index is -4.11. The maximum Gasteiger partial charge on any atom is 0.275 e. The first-order chi connectivity index (χ1) is 12.1. The van der Waals surface area contributed by atoms with E-state index in [1.807, 2.05) is 0 Å². The zero-order valence-corrected chi connectivity index (χ0v) is 15.0. The third-order valence-electron chi connectivity index (χ3n) is 3.74. The number of hydrogen-bond donors (Lipinski definition) is 2. The van der Waals surface area contributed by atoms with E-state index in [4.69, 9.17) is 5.26 Å². The van der Waals surface area contributed by atoms with Crippen molar-refractivity contribution in [3.05, 3.63) is 46.8 Å². The Bertz CT molecular complexity index is 1020. The summed E-state index contributed by atoms with van der Waals surface area (Å²) in [5.41, 5.74) is -0.670. The van der Waals surface area contributed by atoms with Gasteiger partial charge in [0, 0.05) is 25.0 Å². The number of benzene rings is 1. The smallest absolute Gasteiger partial charge is 0.275 e. The van der Waals surface area contributed by atoms with Crippen LogP contribution in [0.5, 0.6) is 0 Å². The van der Waals surface area contributed by atoms with Gasteiger partial charge in [0.1, 0.15) is 22.5 Å². The van der Waals surface area contributed by atoms with E-state index in [9.17, 15) is 22.0 Å². The van der Waals surface area contributed by atoms with E-state index in [1.54, 1.807) is 13.0 Å². The summed E-state index contributed by atoms with van der Waals surface area (Å²) in [5.74, 6) is -2.88. The van der Waals surface area contributed by atoms with Gasteiger partial charge in [-0.3, -0.25) is 4.79 Å². The Kier molecular flexibility index (Phi) is 5.44. The molecule has 0 aliphatic carbocycles. The Morgan fingerprint density at radius 2 is 2.00 bits per heavy atom. The van der Waals surface area contributed by atoms with Crippen LogP contribution in [0.1, 0.15) is 28.7 Å². The molecule has 0 aliphatic heterocycles. The van der Waals surface area contributed by atoms with Crippen molar-refractivity contribution >= 4 is 21.6 Å². The van der Waals surface area contributed by atoms with Crippen molar-refractivity contribution in [1.82, 2.24) is 9.29 Å². The van der Waals surface area contributed by atoms with Gasteiger partial charge in [-0.2, -0.15) is 5.26 Å². The van der Waals surface area contributed by atoms with E-state index in [2.05, 4.69) is 10.0 Å². The lowest BCUT2D eigenvalue weighted by molar-refractivity contribution is 0.101. The van der Waals surface area contributed by atoms with Gasteiger partial charge < -0.3 is 9.88 Å². The number of aromatic nitrogens is 1. The zero-order chi connectivity index (χ0) is 19.6. The molecule has 7 nitrogen and oxygen atoms in total. The molecule has 0 radical (unpaired) electrons. The second kappa shape index (κ2) is 7.23. The van der Waals surface area contributed by atoms with Crippen LogP contribution < -0.4 is 10.0 Å². The Morgan fingerprint density at radius 3 is 2.58 bits per heavy atom. The number of anilines is 1. The number of hydrogen-bond acceptors (Lipinski definition) is 4. The van der Waals surface area contributed by atoms with Crippen LogP contribution in [0.25, 0.3) is 0 Å². The van der Waals surface area contributed by atoms with Gasteiger partial charge in [0.25, 0.3) is 5.91 Å². The van der Waals surface area contributed by atoms with Crippen LogP contribution in [-0.2, 0) is 17.1 Å². The number of carbonyl (C=O) groups excluding carboxylic acids is 1. The van der Waals surface area contributed by atoms with Crippen LogP contribution in [0.3, 0.4) is 0 Å². The van der Waals surface area contributed by atoms with E-state index in [-0.39, 0.29) is 23.5 Å². The molecule has 0 aliphatic rings. The molecule has 2 aromatic rings. The van der Waals surface area contributed by atoms with Crippen LogP contribution in [-0.4, -0.2) is 25.4 Å². The molecule has 26 heavy (non-hydrogen) atoms. The molecule has 138 valence electrons. The van der Waals surface area contributed by atoms with Gasteiger partial charge in [0.15, 0.2) is 5.82 Å². The molecule has 1 amide bonds. The lowest BCUT2D eigenvalue weighted by atomic mass is 10.2. The van der Waals surface area contributed by atoms with Crippen LogP contribution in [0.2, 0.25) is 0 Å². The first kappa shape index (κ1) is 19.6. The molecule has 0 saturated carbocycles. The van der Waals surface area contributed by atoms with Crippen molar-refractivity contribution in [3.63, 3.8) is 0 Å². The number of halogens is 2. The highest BCUT2D eigenvalue weighted by atomic mass is 32.2. The van der Waals surface area contributed by atoms with Gasteiger partial charge in [-0.25, -0.2) is 21.9 Å². The van der Waals surface area contributed by atoms with Gasteiger partial charge in [0.2, 0.25) is 10.0 Å². The van der Waals surface area contributed by atoms with Crippen LogP contribution >= 0.6 is 0 Å². The van der Waals surface area contributed by atoms with Crippen molar-refractivity contribution in [3.8, 4) is 6.07 Å². The summed E-state index contributed by atoms with van der Waals surface area (Å²) in [4.78, 5) is 11.8. The zero-order valence-electron chi connectivity index (χ0n) is 14.2. The summed E-state index contributed by atoms with van der Waals surface area (Å²) in [6, 6.07) is 4.91. The number of carbonyl (C=O) groups is 1. The predicted octanol–water partition coefficient (Wildman–Crippen LogP) is 2.03. The number of sulfonamides is 1. The summed E-state index contributed by atoms with van der Waals surface area (Å²) in [7, 11) is -2.76. The minimum Gasteiger partial charge on any atom is -0.340 e. The SMILES string of the molecule is CCNS(=O)(=O)c1c(F)c(C(=O)Nc2ccc(F)c(C#N)c2)n(C)c1C. The minimum absolute atomic E-state index is 0.0467. The van der Waals surface area contributed by atoms with Gasteiger partial charge >= 0.3 is 0 Å². The topological polar surface area (TPSA) is 104 Å². The van der Waals surface area contributed by atoms with Crippen molar-refractivity contribution in [2.45, 2.75) is 18.7 Å². The standard InChI is InChI=1S/C16H16F2N4O3S/c1-4-20-26(24,25)15-9(2)22(3)14(13(15)18)16(23)21-11-5-6-12(17)10(7-11)8-19/h5-7,20H,4H2,1-3H3,(H,21,23). The molecular weight excluding hydrogens is 366 g/mol. The van der Waals surface area contributed by atoms with Gasteiger partial charge in [0.05, 0.1) is 5.56 Å².